The van der Waals surface area contributed by atoms with Crippen molar-refractivity contribution in [1.29, 1.82) is 0 Å². The predicted molar refractivity (Wildman–Crippen MR) is 91.6 cm³/mol. The number of nitrogens with two attached hydrogens (primary N) is 1. The minimum atomic E-state index is -1.22. The number of carbonyl (C=O) groups excluding carboxylic acids is 1. The molecule has 4 nitrogen and oxygen atoms in total. The quantitative estimate of drug-likeness (QED) is 0.336. The fourth-order valence-corrected chi connectivity index (χ4v) is 2.76. The Labute approximate surface area is 137 Å². The number of primary amides is 1. The molecule has 0 aromatic rings. The van der Waals surface area contributed by atoms with Crippen LogP contribution in [0.1, 0.15) is 91.4 Å². The van der Waals surface area contributed by atoms with Crippen molar-refractivity contribution in [2.24, 2.45) is 5.73 Å². The summed E-state index contributed by atoms with van der Waals surface area (Å²) in [6.45, 7) is 6.82. The van der Waals surface area contributed by atoms with E-state index in [4.69, 9.17) is 15.2 Å². The molecule has 0 aromatic carbocycles. The third kappa shape index (κ3) is 9.42. The zero-order valence-corrected chi connectivity index (χ0v) is 15.0. The molecule has 0 fully saturated rings. The van der Waals surface area contributed by atoms with Crippen molar-refractivity contribution in [3.63, 3.8) is 0 Å². The minimum Gasteiger partial charge on any atom is -0.365 e. The van der Waals surface area contributed by atoms with Crippen LogP contribution in [0.2, 0.25) is 0 Å². The molecule has 0 saturated carbocycles. The maximum Gasteiger partial charge on any atom is 0.277 e. The average molecular weight is 315 g/mol. The van der Waals surface area contributed by atoms with Gasteiger partial charge in [-0.1, -0.05) is 64.7 Å². The van der Waals surface area contributed by atoms with Crippen LogP contribution in [0.3, 0.4) is 0 Å². The van der Waals surface area contributed by atoms with E-state index in [1.54, 1.807) is 0 Å². The van der Waals surface area contributed by atoms with Gasteiger partial charge in [0.15, 0.2) is 0 Å². The normalized spacial score (nSPS) is 11.8. The lowest BCUT2D eigenvalue weighted by Crippen LogP contribution is -2.48. The molecule has 132 valence electrons. The molecule has 1 amide bonds. The summed E-state index contributed by atoms with van der Waals surface area (Å²) < 4.78 is 11.0. The van der Waals surface area contributed by atoms with Crippen molar-refractivity contribution in [2.45, 2.75) is 97.2 Å². The fourth-order valence-electron chi connectivity index (χ4n) is 2.76. The second kappa shape index (κ2) is 14.0. The number of ether oxygens (including phenoxy) is 2. The van der Waals surface area contributed by atoms with Gasteiger partial charge in [-0.25, -0.2) is 0 Å². The molecule has 0 bridgehead atoms. The highest BCUT2D eigenvalue weighted by molar-refractivity contribution is 5.81. The van der Waals surface area contributed by atoms with Crippen molar-refractivity contribution in [1.82, 2.24) is 0 Å². The van der Waals surface area contributed by atoms with E-state index >= 15 is 0 Å². The van der Waals surface area contributed by atoms with Gasteiger partial charge in [0.05, 0.1) is 0 Å². The molecule has 0 aliphatic heterocycles. The number of rotatable bonds is 16. The first-order chi connectivity index (χ1) is 10.6. The Morgan fingerprint density at radius 1 is 0.773 bits per heavy atom. The Kier molecular flexibility index (Phi) is 13.6. The third-order valence-corrected chi connectivity index (χ3v) is 3.99. The van der Waals surface area contributed by atoms with E-state index in [2.05, 4.69) is 6.92 Å². The summed E-state index contributed by atoms with van der Waals surface area (Å²) in [6.07, 6.45) is 13.1. The van der Waals surface area contributed by atoms with E-state index in [-0.39, 0.29) is 0 Å². The summed E-state index contributed by atoms with van der Waals surface area (Å²) in [5.41, 5.74) is 5.48. The van der Waals surface area contributed by atoms with Crippen molar-refractivity contribution in [3.8, 4) is 0 Å². The van der Waals surface area contributed by atoms with Gasteiger partial charge in [-0.2, -0.15) is 0 Å². The van der Waals surface area contributed by atoms with E-state index in [9.17, 15) is 4.79 Å². The van der Waals surface area contributed by atoms with Gasteiger partial charge < -0.3 is 15.2 Å². The van der Waals surface area contributed by atoms with Crippen LogP contribution in [0.4, 0.5) is 0 Å². The summed E-state index contributed by atoms with van der Waals surface area (Å²) in [5, 5.41) is 0. The molecule has 4 heteroatoms. The largest absolute Gasteiger partial charge is 0.365 e. The van der Waals surface area contributed by atoms with Gasteiger partial charge in [-0.3, -0.25) is 4.79 Å². The Hall–Kier alpha value is -0.610. The SMILES string of the molecule is CCCCCCCCCCCCC(OCC)(OCC)C(N)=O. The number of amides is 1. The molecule has 0 aliphatic rings. The zero-order chi connectivity index (χ0) is 16.7. The van der Waals surface area contributed by atoms with Crippen LogP contribution < -0.4 is 5.73 Å². The second-order valence-electron chi connectivity index (χ2n) is 5.92. The molecular weight excluding hydrogens is 278 g/mol. The van der Waals surface area contributed by atoms with Crippen LogP contribution >= 0.6 is 0 Å². The van der Waals surface area contributed by atoms with Gasteiger partial charge in [-0.05, 0) is 20.3 Å². The molecule has 0 saturated heterocycles. The van der Waals surface area contributed by atoms with Crippen LogP contribution in [0.15, 0.2) is 0 Å². The van der Waals surface area contributed by atoms with E-state index in [1.807, 2.05) is 13.8 Å². The van der Waals surface area contributed by atoms with Crippen LogP contribution in [-0.2, 0) is 14.3 Å². The zero-order valence-electron chi connectivity index (χ0n) is 15.0. The molecule has 2 N–H and O–H groups in total. The monoisotopic (exact) mass is 315 g/mol. The maximum atomic E-state index is 11.7. The van der Waals surface area contributed by atoms with Crippen LogP contribution in [0.25, 0.3) is 0 Å². The summed E-state index contributed by atoms with van der Waals surface area (Å²) in [5.74, 6) is -1.73. The Balaban J connectivity index is 3.78. The van der Waals surface area contributed by atoms with E-state index in [1.165, 1.54) is 51.4 Å². The van der Waals surface area contributed by atoms with Gasteiger partial charge >= 0.3 is 0 Å². The Bertz CT molecular complexity index is 263. The summed E-state index contributed by atoms with van der Waals surface area (Å²) in [4.78, 5) is 11.7. The summed E-state index contributed by atoms with van der Waals surface area (Å²) in [6, 6.07) is 0. The predicted octanol–water partition coefficient (Wildman–Crippen LogP) is 4.55. The maximum absolute atomic E-state index is 11.7. The van der Waals surface area contributed by atoms with Crippen molar-refractivity contribution < 1.29 is 14.3 Å². The van der Waals surface area contributed by atoms with Gasteiger partial charge in [0.25, 0.3) is 5.91 Å². The first-order valence-corrected chi connectivity index (χ1v) is 9.20. The molecule has 0 aliphatic carbocycles. The molecule has 22 heavy (non-hydrogen) atoms. The number of hydrogen-bond donors (Lipinski definition) is 1. The molecule has 0 heterocycles. The highest BCUT2D eigenvalue weighted by Gasteiger charge is 2.37. The summed E-state index contributed by atoms with van der Waals surface area (Å²) in [7, 11) is 0. The molecular formula is C18H37NO3. The van der Waals surface area contributed by atoms with E-state index in [0.717, 1.165) is 12.8 Å². The van der Waals surface area contributed by atoms with Crippen molar-refractivity contribution >= 4 is 5.91 Å². The topological polar surface area (TPSA) is 61.6 Å². The molecule has 0 aromatic heterocycles. The second-order valence-corrected chi connectivity index (χ2v) is 5.92. The van der Waals surface area contributed by atoms with E-state index in [0.29, 0.717) is 19.6 Å². The summed E-state index contributed by atoms with van der Waals surface area (Å²) >= 11 is 0. The third-order valence-electron chi connectivity index (χ3n) is 3.99. The minimum absolute atomic E-state index is 0.431. The first kappa shape index (κ1) is 21.4. The lowest BCUT2D eigenvalue weighted by atomic mass is 10.0. The van der Waals surface area contributed by atoms with Crippen LogP contribution in [0.5, 0.6) is 0 Å². The molecule has 0 spiro atoms. The fraction of sp³-hybridized carbons (Fsp3) is 0.944. The average Bonchev–Trinajstić information content (AvgIpc) is 2.49. The highest BCUT2D eigenvalue weighted by atomic mass is 16.7. The van der Waals surface area contributed by atoms with E-state index < -0.39 is 11.7 Å². The van der Waals surface area contributed by atoms with Gasteiger partial charge in [0.1, 0.15) is 0 Å². The molecule has 0 radical (unpaired) electrons. The lowest BCUT2D eigenvalue weighted by Gasteiger charge is -2.29. The number of hydrogen-bond acceptors (Lipinski definition) is 3. The lowest BCUT2D eigenvalue weighted by molar-refractivity contribution is -0.228. The van der Waals surface area contributed by atoms with Crippen molar-refractivity contribution in [3.05, 3.63) is 0 Å². The molecule has 0 rings (SSSR count). The standard InChI is InChI=1S/C18H37NO3/c1-4-7-8-9-10-11-12-13-14-15-16-18(17(19)20,21-5-2)22-6-3/h4-16H2,1-3H3,(H2,19,20). The van der Waals surface area contributed by atoms with Gasteiger partial charge in [0.2, 0.25) is 5.79 Å². The van der Waals surface area contributed by atoms with Crippen molar-refractivity contribution in [2.75, 3.05) is 13.2 Å². The number of unbranched alkanes of at least 4 members (excludes halogenated alkanes) is 9. The first-order valence-electron chi connectivity index (χ1n) is 9.20. The van der Waals surface area contributed by atoms with Crippen LogP contribution in [0, 0.1) is 0 Å². The van der Waals surface area contributed by atoms with Gasteiger partial charge in [-0.15, -0.1) is 0 Å². The Morgan fingerprint density at radius 2 is 1.18 bits per heavy atom. The Morgan fingerprint density at radius 3 is 1.55 bits per heavy atom. The molecule has 0 atom stereocenters. The smallest absolute Gasteiger partial charge is 0.277 e. The van der Waals surface area contributed by atoms with Gasteiger partial charge in [0, 0.05) is 19.6 Å². The van der Waals surface area contributed by atoms with Crippen LogP contribution in [-0.4, -0.2) is 24.9 Å². The number of carbonyl (C=O) groups is 1. The molecule has 0 unspecified atom stereocenters. The highest BCUT2D eigenvalue weighted by Crippen LogP contribution is 2.22.